The molecule has 110 valence electrons. The Morgan fingerprint density at radius 1 is 1.19 bits per heavy atom. The maximum atomic E-state index is 13.5. The molecular weight excluding hydrogens is 335 g/mol. The lowest BCUT2D eigenvalue weighted by atomic mass is 10.2. The Morgan fingerprint density at radius 3 is 2.38 bits per heavy atom. The molecule has 2 aromatic carbocycles. The maximum absolute atomic E-state index is 13.5. The number of rotatable bonds is 4. The molecule has 0 unspecified atom stereocenters. The van der Waals surface area contributed by atoms with Gasteiger partial charge in [0.05, 0.1) is 4.90 Å². The molecule has 0 aliphatic heterocycles. The van der Waals surface area contributed by atoms with Crippen molar-refractivity contribution in [3.05, 3.63) is 58.9 Å². The quantitative estimate of drug-likeness (QED) is 0.836. The molecule has 0 fully saturated rings. The van der Waals surface area contributed by atoms with Gasteiger partial charge in [-0.3, -0.25) is 4.72 Å². The Balaban J connectivity index is 2.35. The number of thiocarbonyl (C=S) groups is 1. The molecule has 0 spiro atoms. The van der Waals surface area contributed by atoms with Crippen molar-refractivity contribution in [2.45, 2.75) is 4.90 Å². The molecule has 0 aliphatic carbocycles. The topological polar surface area (TPSA) is 72.2 Å². The van der Waals surface area contributed by atoms with Gasteiger partial charge in [0, 0.05) is 16.3 Å². The third kappa shape index (κ3) is 3.69. The van der Waals surface area contributed by atoms with Gasteiger partial charge in [-0.2, -0.15) is 0 Å². The van der Waals surface area contributed by atoms with Crippen molar-refractivity contribution in [2.75, 3.05) is 4.72 Å². The lowest BCUT2D eigenvalue weighted by Crippen LogP contribution is -2.15. The largest absolute Gasteiger partial charge is 0.389 e. The van der Waals surface area contributed by atoms with Gasteiger partial charge < -0.3 is 5.73 Å². The summed E-state index contributed by atoms with van der Waals surface area (Å²) < 4.78 is 40.1. The first-order valence-electron chi connectivity index (χ1n) is 5.67. The van der Waals surface area contributed by atoms with Crippen molar-refractivity contribution in [2.24, 2.45) is 5.73 Å². The summed E-state index contributed by atoms with van der Waals surface area (Å²) in [6.45, 7) is 0. The molecule has 21 heavy (non-hydrogen) atoms. The molecule has 4 nitrogen and oxygen atoms in total. The Hall–Kier alpha value is -1.70. The fourth-order valence-electron chi connectivity index (χ4n) is 1.61. The van der Waals surface area contributed by atoms with Gasteiger partial charge in [-0.1, -0.05) is 23.8 Å². The zero-order valence-corrected chi connectivity index (χ0v) is 12.9. The standard InChI is InChI=1S/C13H10ClFN2O2S2/c14-8-1-4-10(5-2-8)21(18,19)17-9-3-6-12(15)11(7-9)13(16)20/h1-7,17H,(H2,16,20). The third-order valence-corrected chi connectivity index (χ3v) is 4.48. The summed E-state index contributed by atoms with van der Waals surface area (Å²) in [5.74, 6) is -0.614. The predicted octanol–water partition coefficient (Wildman–Crippen LogP) is 2.91. The van der Waals surface area contributed by atoms with Gasteiger partial charge in [0.15, 0.2) is 0 Å². The first-order valence-corrected chi connectivity index (χ1v) is 7.94. The highest BCUT2D eigenvalue weighted by Crippen LogP contribution is 2.20. The summed E-state index contributed by atoms with van der Waals surface area (Å²) in [5, 5.41) is 0.423. The van der Waals surface area contributed by atoms with Gasteiger partial charge in [-0.05, 0) is 42.5 Å². The minimum absolute atomic E-state index is 0.0266. The van der Waals surface area contributed by atoms with Crippen LogP contribution in [0, 0.1) is 5.82 Å². The molecule has 0 saturated heterocycles. The molecule has 8 heteroatoms. The van der Waals surface area contributed by atoms with Crippen LogP contribution in [0.5, 0.6) is 0 Å². The second-order valence-electron chi connectivity index (χ2n) is 4.12. The molecule has 2 aromatic rings. The molecular formula is C13H10ClFN2O2S2. The van der Waals surface area contributed by atoms with Crippen molar-refractivity contribution in [3.63, 3.8) is 0 Å². The smallest absolute Gasteiger partial charge is 0.261 e. The lowest BCUT2D eigenvalue weighted by molar-refractivity contribution is 0.601. The molecule has 0 aromatic heterocycles. The van der Waals surface area contributed by atoms with Gasteiger partial charge in [0.2, 0.25) is 0 Å². The first-order chi connectivity index (χ1) is 9.79. The van der Waals surface area contributed by atoms with E-state index in [2.05, 4.69) is 4.72 Å². The van der Waals surface area contributed by atoms with Crippen LogP contribution in [-0.4, -0.2) is 13.4 Å². The summed E-state index contributed by atoms with van der Waals surface area (Å²) >= 11 is 10.4. The van der Waals surface area contributed by atoms with Crippen LogP contribution >= 0.6 is 23.8 Å². The third-order valence-electron chi connectivity index (χ3n) is 2.61. The van der Waals surface area contributed by atoms with Crippen LogP contribution in [0.1, 0.15) is 5.56 Å². The number of sulfonamides is 1. The van der Waals surface area contributed by atoms with Crippen LogP contribution in [0.4, 0.5) is 10.1 Å². The minimum atomic E-state index is -3.80. The van der Waals surface area contributed by atoms with E-state index < -0.39 is 15.8 Å². The molecule has 0 bridgehead atoms. The predicted molar refractivity (Wildman–Crippen MR) is 84.5 cm³/mol. The average molecular weight is 345 g/mol. The van der Waals surface area contributed by atoms with Crippen LogP contribution < -0.4 is 10.5 Å². The van der Waals surface area contributed by atoms with E-state index in [0.29, 0.717) is 5.02 Å². The van der Waals surface area contributed by atoms with Crippen LogP contribution in [0.2, 0.25) is 5.02 Å². The number of halogens is 2. The Labute approximate surface area is 131 Å². The molecule has 0 aliphatic rings. The zero-order valence-electron chi connectivity index (χ0n) is 10.5. The summed E-state index contributed by atoms with van der Waals surface area (Å²) in [6.07, 6.45) is 0. The van der Waals surface area contributed by atoms with Gasteiger partial charge in [-0.25, -0.2) is 12.8 Å². The Bertz CT molecular complexity index is 792. The van der Waals surface area contributed by atoms with Crippen molar-refractivity contribution in [1.82, 2.24) is 0 Å². The summed E-state index contributed by atoms with van der Waals surface area (Å²) in [7, 11) is -3.80. The fraction of sp³-hybridized carbons (Fsp3) is 0. The molecule has 0 amide bonds. The van der Waals surface area contributed by atoms with Crippen molar-refractivity contribution in [3.8, 4) is 0 Å². The average Bonchev–Trinajstić information content (AvgIpc) is 2.41. The SMILES string of the molecule is NC(=S)c1cc(NS(=O)(=O)c2ccc(Cl)cc2)ccc1F. The van der Waals surface area contributed by atoms with Gasteiger partial charge >= 0.3 is 0 Å². The van der Waals surface area contributed by atoms with E-state index >= 15 is 0 Å². The molecule has 0 radical (unpaired) electrons. The summed E-state index contributed by atoms with van der Waals surface area (Å²) in [4.78, 5) is -0.117. The maximum Gasteiger partial charge on any atom is 0.261 e. The van der Waals surface area contributed by atoms with E-state index in [9.17, 15) is 12.8 Å². The fourth-order valence-corrected chi connectivity index (χ4v) is 2.94. The van der Waals surface area contributed by atoms with E-state index in [-0.39, 0.29) is 21.1 Å². The minimum Gasteiger partial charge on any atom is -0.389 e. The number of nitrogens with two attached hydrogens (primary N) is 1. The number of hydrogen-bond donors (Lipinski definition) is 2. The van der Waals surface area contributed by atoms with E-state index in [1.165, 1.54) is 36.4 Å². The summed E-state index contributed by atoms with van der Waals surface area (Å²) in [5.41, 5.74) is 5.51. The second-order valence-corrected chi connectivity index (χ2v) is 6.68. The molecule has 0 saturated carbocycles. The Morgan fingerprint density at radius 2 is 1.81 bits per heavy atom. The lowest BCUT2D eigenvalue weighted by Gasteiger charge is -2.10. The van der Waals surface area contributed by atoms with Gasteiger partial charge in [-0.15, -0.1) is 0 Å². The van der Waals surface area contributed by atoms with Crippen LogP contribution in [0.25, 0.3) is 0 Å². The zero-order chi connectivity index (χ0) is 15.6. The highest BCUT2D eigenvalue weighted by molar-refractivity contribution is 7.92. The van der Waals surface area contributed by atoms with E-state index in [0.717, 1.165) is 6.07 Å². The van der Waals surface area contributed by atoms with Crippen molar-refractivity contribution in [1.29, 1.82) is 0 Å². The van der Waals surface area contributed by atoms with Crippen LogP contribution in [0.3, 0.4) is 0 Å². The summed E-state index contributed by atoms with van der Waals surface area (Å²) in [6, 6.07) is 9.26. The Kier molecular flexibility index (Phi) is 4.46. The molecule has 2 rings (SSSR count). The normalized spacial score (nSPS) is 11.1. The number of anilines is 1. The number of benzene rings is 2. The number of nitrogens with one attached hydrogen (secondary N) is 1. The van der Waals surface area contributed by atoms with Crippen molar-refractivity contribution < 1.29 is 12.8 Å². The van der Waals surface area contributed by atoms with E-state index in [1.54, 1.807) is 0 Å². The highest BCUT2D eigenvalue weighted by atomic mass is 35.5. The van der Waals surface area contributed by atoms with E-state index in [4.69, 9.17) is 29.6 Å². The monoisotopic (exact) mass is 344 g/mol. The van der Waals surface area contributed by atoms with Crippen molar-refractivity contribution >= 4 is 44.5 Å². The first kappa shape index (κ1) is 15.7. The van der Waals surface area contributed by atoms with Gasteiger partial charge in [0.25, 0.3) is 10.0 Å². The molecule has 3 N–H and O–H groups in total. The molecule has 0 atom stereocenters. The number of hydrogen-bond acceptors (Lipinski definition) is 3. The van der Waals surface area contributed by atoms with Crippen LogP contribution in [-0.2, 0) is 10.0 Å². The van der Waals surface area contributed by atoms with E-state index in [1.807, 2.05) is 0 Å². The highest BCUT2D eigenvalue weighted by Gasteiger charge is 2.15. The molecule has 0 heterocycles. The second kappa shape index (κ2) is 5.97. The van der Waals surface area contributed by atoms with Crippen LogP contribution in [0.15, 0.2) is 47.4 Å². The van der Waals surface area contributed by atoms with Gasteiger partial charge in [0.1, 0.15) is 10.8 Å².